The van der Waals surface area contributed by atoms with Crippen molar-refractivity contribution in [2.45, 2.75) is 94.9 Å². The van der Waals surface area contributed by atoms with Crippen LogP contribution in [-0.2, 0) is 9.47 Å². The van der Waals surface area contributed by atoms with Crippen molar-refractivity contribution in [3.8, 4) is 0 Å². The molecular formula is C26H52O2. The van der Waals surface area contributed by atoms with Gasteiger partial charge in [0.2, 0.25) is 0 Å². The summed E-state index contributed by atoms with van der Waals surface area (Å²) in [5, 5.41) is 0. The molecule has 0 rings (SSSR count). The fourth-order valence-corrected chi connectivity index (χ4v) is 2.23. The number of rotatable bonds is 12. The molecule has 0 spiro atoms. The number of hydrogen-bond donors (Lipinski definition) is 0. The van der Waals surface area contributed by atoms with E-state index in [-0.39, 0.29) is 0 Å². The van der Waals surface area contributed by atoms with Gasteiger partial charge in [-0.2, -0.15) is 0 Å². The van der Waals surface area contributed by atoms with Crippen LogP contribution in [0.1, 0.15) is 94.9 Å². The Labute approximate surface area is 178 Å². The largest absolute Gasteiger partial charge is 0.381 e. The Balaban J connectivity index is 0. The minimum Gasteiger partial charge on any atom is -0.381 e. The minimum absolute atomic E-state index is 0.299. The first kappa shape index (κ1) is 29.6. The van der Waals surface area contributed by atoms with Crippen molar-refractivity contribution in [2.24, 2.45) is 22.7 Å². The van der Waals surface area contributed by atoms with Gasteiger partial charge in [-0.05, 0) is 48.3 Å². The summed E-state index contributed by atoms with van der Waals surface area (Å²) in [7, 11) is 0. The van der Waals surface area contributed by atoms with Crippen LogP contribution in [0.2, 0.25) is 0 Å². The number of unbranched alkanes of at least 4 members (excludes halogenated alkanes) is 1. The van der Waals surface area contributed by atoms with Gasteiger partial charge in [-0.1, -0.05) is 93.5 Å². The number of allylic oxidation sites excluding steroid dienone is 3. The molecule has 0 unspecified atom stereocenters. The molecule has 2 nitrogen and oxygen atoms in total. The summed E-state index contributed by atoms with van der Waals surface area (Å²) >= 11 is 0. The van der Waals surface area contributed by atoms with Crippen LogP contribution in [0.15, 0.2) is 24.3 Å². The maximum absolute atomic E-state index is 5.57. The van der Waals surface area contributed by atoms with E-state index in [1.807, 2.05) is 0 Å². The molecular weight excluding hydrogens is 344 g/mol. The van der Waals surface area contributed by atoms with Gasteiger partial charge in [0.1, 0.15) is 0 Å². The molecule has 0 amide bonds. The zero-order chi connectivity index (χ0) is 22.1. The second-order valence-electron chi connectivity index (χ2n) is 10.8. The van der Waals surface area contributed by atoms with E-state index in [4.69, 9.17) is 9.47 Å². The highest BCUT2D eigenvalue weighted by molar-refractivity contribution is 4.84. The van der Waals surface area contributed by atoms with Crippen molar-refractivity contribution in [1.82, 2.24) is 0 Å². The fourth-order valence-electron chi connectivity index (χ4n) is 2.23. The quantitative estimate of drug-likeness (QED) is 0.245. The Morgan fingerprint density at radius 3 is 1.71 bits per heavy atom. The SMILES string of the molecule is CC(C)C=CCCCOCC(C)(C)C.CC(C)C=CCOCCCC(C)(C)C. The predicted octanol–water partition coefficient (Wildman–Crippen LogP) is 8.08. The lowest BCUT2D eigenvalue weighted by Gasteiger charge is -2.17. The lowest BCUT2D eigenvalue weighted by atomic mass is 9.91. The third-order valence-corrected chi connectivity index (χ3v) is 3.67. The van der Waals surface area contributed by atoms with Crippen molar-refractivity contribution in [3.05, 3.63) is 24.3 Å². The van der Waals surface area contributed by atoms with E-state index in [1.165, 1.54) is 12.8 Å². The molecule has 0 aromatic heterocycles. The van der Waals surface area contributed by atoms with Gasteiger partial charge < -0.3 is 9.47 Å². The maximum atomic E-state index is 5.57. The summed E-state index contributed by atoms with van der Waals surface area (Å²) in [6.45, 7) is 25.6. The molecule has 0 bridgehead atoms. The summed E-state index contributed by atoms with van der Waals surface area (Å²) in [5.74, 6) is 1.30. The Morgan fingerprint density at radius 1 is 0.679 bits per heavy atom. The van der Waals surface area contributed by atoms with Crippen LogP contribution in [0.3, 0.4) is 0 Å². The molecule has 0 saturated heterocycles. The molecule has 0 N–H and O–H groups in total. The lowest BCUT2D eigenvalue weighted by molar-refractivity contribution is 0.0701. The van der Waals surface area contributed by atoms with E-state index in [0.29, 0.717) is 22.7 Å². The fraction of sp³-hybridized carbons (Fsp3) is 0.846. The van der Waals surface area contributed by atoms with Gasteiger partial charge >= 0.3 is 0 Å². The molecule has 0 fully saturated rings. The van der Waals surface area contributed by atoms with Crippen LogP contribution >= 0.6 is 0 Å². The monoisotopic (exact) mass is 396 g/mol. The summed E-state index contributed by atoms with van der Waals surface area (Å²) in [6, 6.07) is 0. The summed E-state index contributed by atoms with van der Waals surface area (Å²) < 4.78 is 11.1. The summed E-state index contributed by atoms with van der Waals surface area (Å²) in [5.41, 5.74) is 0.741. The molecule has 0 radical (unpaired) electrons. The van der Waals surface area contributed by atoms with Crippen LogP contribution < -0.4 is 0 Å². The Hall–Kier alpha value is -0.600. The lowest BCUT2D eigenvalue weighted by Crippen LogP contribution is -2.14. The van der Waals surface area contributed by atoms with Crippen molar-refractivity contribution < 1.29 is 9.47 Å². The molecule has 0 aliphatic heterocycles. The number of ether oxygens (including phenoxy) is 2. The Bertz CT molecular complexity index is 340. The van der Waals surface area contributed by atoms with Gasteiger partial charge in [-0.3, -0.25) is 0 Å². The molecule has 2 heteroatoms. The van der Waals surface area contributed by atoms with E-state index >= 15 is 0 Å². The Kier molecular flexibility index (Phi) is 18.3. The molecule has 0 atom stereocenters. The predicted molar refractivity (Wildman–Crippen MR) is 127 cm³/mol. The zero-order valence-electron chi connectivity index (χ0n) is 20.9. The average Bonchev–Trinajstić information content (AvgIpc) is 2.51. The molecule has 0 heterocycles. The van der Waals surface area contributed by atoms with Crippen molar-refractivity contribution in [2.75, 3.05) is 26.4 Å². The van der Waals surface area contributed by atoms with Crippen LogP contribution in [0.5, 0.6) is 0 Å². The van der Waals surface area contributed by atoms with Crippen molar-refractivity contribution in [3.63, 3.8) is 0 Å². The first-order chi connectivity index (χ1) is 12.8. The van der Waals surface area contributed by atoms with Crippen molar-refractivity contribution >= 4 is 0 Å². The molecule has 0 aliphatic carbocycles. The third-order valence-electron chi connectivity index (χ3n) is 3.67. The van der Waals surface area contributed by atoms with Crippen LogP contribution in [0.25, 0.3) is 0 Å². The van der Waals surface area contributed by atoms with Gasteiger partial charge in [0, 0.05) is 13.2 Å². The first-order valence-electron chi connectivity index (χ1n) is 11.3. The topological polar surface area (TPSA) is 18.5 Å². The maximum Gasteiger partial charge on any atom is 0.0647 e. The summed E-state index contributed by atoms with van der Waals surface area (Å²) in [6.07, 6.45) is 13.5. The smallest absolute Gasteiger partial charge is 0.0647 e. The summed E-state index contributed by atoms with van der Waals surface area (Å²) in [4.78, 5) is 0. The average molecular weight is 397 g/mol. The van der Waals surface area contributed by atoms with Crippen molar-refractivity contribution in [1.29, 1.82) is 0 Å². The van der Waals surface area contributed by atoms with Crippen LogP contribution in [0.4, 0.5) is 0 Å². The van der Waals surface area contributed by atoms with E-state index in [0.717, 1.165) is 39.3 Å². The van der Waals surface area contributed by atoms with Gasteiger partial charge in [0.05, 0.1) is 13.2 Å². The molecule has 28 heavy (non-hydrogen) atoms. The normalized spacial score (nSPS) is 13.0. The standard InChI is InChI=1S/2C13H26O/c1-12(2)8-6-10-14-11-7-9-13(3,4)5;1-12(2)9-7-6-8-10-14-11-13(3,4)5/h6,8,12H,7,9-11H2,1-5H3;7,9,12H,6,8,10-11H2,1-5H3. The second-order valence-corrected chi connectivity index (χ2v) is 10.8. The van der Waals surface area contributed by atoms with E-state index in [9.17, 15) is 0 Å². The van der Waals surface area contributed by atoms with Crippen LogP contribution in [0, 0.1) is 22.7 Å². The molecule has 0 aromatic carbocycles. The van der Waals surface area contributed by atoms with Gasteiger partial charge in [0.25, 0.3) is 0 Å². The van der Waals surface area contributed by atoms with Gasteiger partial charge in [0.15, 0.2) is 0 Å². The van der Waals surface area contributed by atoms with E-state index in [1.54, 1.807) is 0 Å². The van der Waals surface area contributed by atoms with E-state index in [2.05, 4.69) is 93.5 Å². The molecule has 0 saturated carbocycles. The zero-order valence-corrected chi connectivity index (χ0v) is 20.9. The Morgan fingerprint density at radius 2 is 1.21 bits per heavy atom. The van der Waals surface area contributed by atoms with Crippen LogP contribution in [-0.4, -0.2) is 26.4 Å². The minimum atomic E-state index is 0.299. The molecule has 0 aliphatic rings. The highest BCUT2D eigenvalue weighted by atomic mass is 16.5. The van der Waals surface area contributed by atoms with Gasteiger partial charge in [-0.15, -0.1) is 0 Å². The molecule has 0 aromatic rings. The molecule has 168 valence electrons. The van der Waals surface area contributed by atoms with Gasteiger partial charge in [-0.25, -0.2) is 0 Å². The highest BCUT2D eigenvalue weighted by Crippen LogP contribution is 2.20. The van der Waals surface area contributed by atoms with E-state index < -0.39 is 0 Å². The number of hydrogen-bond acceptors (Lipinski definition) is 2. The highest BCUT2D eigenvalue weighted by Gasteiger charge is 2.09. The second kappa shape index (κ2) is 17.3. The first-order valence-corrected chi connectivity index (χ1v) is 11.3. The third kappa shape index (κ3) is 33.0.